The molecule has 0 aliphatic heterocycles. The summed E-state index contributed by atoms with van der Waals surface area (Å²) < 4.78 is 0. The second-order valence-corrected chi connectivity index (χ2v) is 8.35. The standard InChI is InChI=1S/C23H37ClN2OS.2BrH/c1-4-7-8-9-10-11-12-13-14-15-22(27)26(6-3)23(28)25(5-2)21-18-16-20(24)17-19-21;;/h16-19H,4-15H2,1-3H3;2*1H. The van der Waals surface area contributed by atoms with Gasteiger partial charge in [-0.2, -0.15) is 4.90 Å². The minimum atomic E-state index is 0. The van der Waals surface area contributed by atoms with Crippen molar-refractivity contribution in [3.8, 4) is 0 Å². The fourth-order valence-corrected chi connectivity index (χ4v) is 4.21. The number of nitrogens with one attached hydrogen (secondary N) is 2. The van der Waals surface area contributed by atoms with E-state index < -0.39 is 0 Å². The van der Waals surface area contributed by atoms with Crippen molar-refractivity contribution >= 4 is 40.5 Å². The van der Waals surface area contributed by atoms with Crippen LogP contribution in [0.5, 0.6) is 0 Å². The second-order valence-electron chi connectivity index (χ2n) is 7.50. The first kappa shape index (κ1) is 32.3. The van der Waals surface area contributed by atoms with Crippen LogP contribution in [0.2, 0.25) is 5.02 Å². The van der Waals surface area contributed by atoms with E-state index in [4.69, 9.17) is 23.8 Å². The Bertz CT molecular complexity index is 587. The summed E-state index contributed by atoms with van der Waals surface area (Å²) in [7, 11) is 0. The fourth-order valence-electron chi connectivity index (χ4n) is 3.56. The van der Waals surface area contributed by atoms with Gasteiger partial charge in [0.05, 0.1) is 31.7 Å². The third kappa shape index (κ3) is 12.3. The minimum Gasteiger partial charge on any atom is -1.00 e. The summed E-state index contributed by atoms with van der Waals surface area (Å²) in [4.78, 5) is 14.7. The summed E-state index contributed by atoms with van der Waals surface area (Å²) >= 11 is 11.7. The Labute approximate surface area is 215 Å². The number of benzene rings is 1. The number of amides is 1. The van der Waals surface area contributed by atoms with Gasteiger partial charge in [-0.1, -0.05) is 69.9 Å². The van der Waals surface area contributed by atoms with Crippen LogP contribution in [-0.4, -0.2) is 24.1 Å². The Morgan fingerprint density at radius 2 is 1.33 bits per heavy atom. The van der Waals surface area contributed by atoms with Crippen molar-refractivity contribution in [2.75, 3.05) is 13.1 Å². The quantitative estimate of drug-likeness (QED) is 0.218. The summed E-state index contributed by atoms with van der Waals surface area (Å²) in [5.41, 5.74) is 1.07. The molecule has 3 nitrogen and oxygen atoms in total. The molecule has 0 aromatic heterocycles. The van der Waals surface area contributed by atoms with Crippen molar-refractivity contribution in [2.24, 2.45) is 0 Å². The number of halogens is 3. The lowest BCUT2D eigenvalue weighted by Gasteiger charge is -2.21. The van der Waals surface area contributed by atoms with Crippen LogP contribution in [0.1, 0.15) is 85.0 Å². The van der Waals surface area contributed by atoms with Crippen LogP contribution in [0.25, 0.3) is 0 Å². The SMILES string of the molecule is CCCCCCCCCCCC(=O)[NH+](CC)C(=S)[NH+](CC)c1ccc(Cl)cc1.[Br-].[Br-]. The molecule has 2 unspecified atom stereocenters. The Balaban J connectivity index is 0. The highest BCUT2D eigenvalue weighted by Gasteiger charge is 2.31. The first-order valence-corrected chi connectivity index (χ1v) is 11.9. The van der Waals surface area contributed by atoms with Crippen molar-refractivity contribution in [3.05, 3.63) is 29.3 Å². The normalized spacial score (nSPS) is 12.4. The van der Waals surface area contributed by atoms with Crippen molar-refractivity contribution in [1.82, 2.24) is 0 Å². The van der Waals surface area contributed by atoms with E-state index in [9.17, 15) is 4.79 Å². The Kier molecular flexibility index (Phi) is 21.3. The van der Waals surface area contributed by atoms with Gasteiger partial charge >= 0.3 is 11.0 Å². The van der Waals surface area contributed by atoms with Crippen LogP contribution >= 0.6 is 23.8 Å². The van der Waals surface area contributed by atoms with Crippen molar-refractivity contribution in [2.45, 2.75) is 85.0 Å². The number of thiocarbonyl (C=S) groups is 1. The topological polar surface area (TPSA) is 26.0 Å². The van der Waals surface area contributed by atoms with E-state index in [0.29, 0.717) is 18.0 Å². The maximum absolute atomic E-state index is 12.8. The molecule has 1 aromatic rings. The third-order valence-electron chi connectivity index (χ3n) is 5.29. The van der Waals surface area contributed by atoms with Gasteiger partial charge in [-0.15, -0.1) is 0 Å². The maximum Gasteiger partial charge on any atom is 0.373 e. The van der Waals surface area contributed by atoms with Gasteiger partial charge < -0.3 is 34.0 Å². The highest BCUT2D eigenvalue weighted by molar-refractivity contribution is 7.79. The van der Waals surface area contributed by atoms with Gasteiger partial charge in [-0.25, -0.2) is 9.69 Å². The monoisotopic (exact) mass is 584 g/mol. The molecule has 2 atom stereocenters. The van der Waals surface area contributed by atoms with E-state index in [1.54, 1.807) is 0 Å². The molecule has 0 fully saturated rings. The van der Waals surface area contributed by atoms with Gasteiger partial charge in [-0.05, 0) is 32.4 Å². The fraction of sp³-hybridized carbons (Fsp3) is 0.652. The Morgan fingerprint density at radius 3 is 1.80 bits per heavy atom. The first-order chi connectivity index (χ1) is 13.5. The average Bonchev–Trinajstić information content (AvgIpc) is 2.69. The molecule has 174 valence electrons. The first-order valence-electron chi connectivity index (χ1n) is 11.1. The predicted octanol–water partition coefficient (Wildman–Crippen LogP) is -1.48. The molecular weight excluding hydrogens is 548 g/mol. The summed E-state index contributed by atoms with van der Waals surface area (Å²) in [6, 6.07) is 7.74. The zero-order chi connectivity index (χ0) is 20.8. The summed E-state index contributed by atoms with van der Waals surface area (Å²) in [5, 5.41) is 1.46. The van der Waals surface area contributed by atoms with Gasteiger partial charge in [0, 0.05) is 17.2 Å². The van der Waals surface area contributed by atoms with E-state index in [1.165, 1.54) is 44.9 Å². The van der Waals surface area contributed by atoms with E-state index in [0.717, 1.165) is 40.0 Å². The molecule has 30 heavy (non-hydrogen) atoms. The molecule has 0 spiro atoms. The molecule has 0 saturated carbocycles. The average molecular weight is 587 g/mol. The number of hydrogen-bond donors (Lipinski definition) is 2. The molecule has 2 N–H and O–H groups in total. The lowest BCUT2D eigenvalue weighted by atomic mass is 10.1. The summed E-state index contributed by atoms with van der Waals surface area (Å²) in [5.74, 6) is 0.232. The van der Waals surface area contributed by atoms with Crippen LogP contribution in [0.3, 0.4) is 0 Å². The van der Waals surface area contributed by atoms with Gasteiger partial charge in [0.15, 0.2) is 0 Å². The van der Waals surface area contributed by atoms with Gasteiger partial charge in [-0.3, -0.25) is 0 Å². The zero-order valence-electron chi connectivity index (χ0n) is 18.7. The van der Waals surface area contributed by atoms with Gasteiger partial charge in [0.1, 0.15) is 5.69 Å². The predicted molar refractivity (Wildman–Crippen MR) is 124 cm³/mol. The molecular formula is C23H39Br2ClN2OS. The van der Waals surface area contributed by atoms with Crippen LogP contribution in [0, 0.1) is 0 Å². The molecule has 0 saturated heterocycles. The van der Waals surface area contributed by atoms with Gasteiger partial charge in [0.2, 0.25) is 0 Å². The molecule has 0 radical (unpaired) electrons. The number of carbonyl (C=O) groups excluding carboxylic acids is 1. The lowest BCUT2D eigenvalue weighted by molar-refractivity contribution is -0.856. The lowest BCUT2D eigenvalue weighted by Crippen LogP contribution is -3.33. The van der Waals surface area contributed by atoms with Crippen LogP contribution in [-0.2, 0) is 4.79 Å². The zero-order valence-corrected chi connectivity index (χ0v) is 23.5. The number of quaternary nitrogens is 2. The molecule has 0 aliphatic rings. The number of hydrogen-bond acceptors (Lipinski definition) is 2. The van der Waals surface area contributed by atoms with Crippen molar-refractivity contribution in [1.29, 1.82) is 0 Å². The molecule has 1 rings (SSSR count). The summed E-state index contributed by atoms with van der Waals surface area (Å²) in [6.45, 7) is 7.89. The van der Waals surface area contributed by atoms with Crippen molar-refractivity contribution < 1.29 is 48.6 Å². The smallest absolute Gasteiger partial charge is 0.373 e. The molecule has 0 heterocycles. The van der Waals surface area contributed by atoms with E-state index in [1.807, 2.05) is 31.2 Å². The van der Waals surface area contributed by atoms with E-state index in [-0.39, 0.29) is 39.9 Å². The molecule has 0 aliphatic carbocycles. The van der Waals surface area contributed by atoms with Crippen LogP contribution in [0.15, 0.2) is 24.3 Å². The summed E-state index contributed by atoms with van der Waals surface area (Å²) in [6.07, 6.45) is 12.0. The molecule has 0 bridgehead atoms. The maximum atomic E-state index is 12.8. The number of rotatable bonds is 13. The van der Waals surface area contributed by atoms with Crippen LogP contribution in [0.4, 0.5) is 5.69 Å². The highest BCUT2D eigenvalue weighted by atomic mass is 79.9. The largest absolute Gasteiger partial charge is 1.00 e. The highest BCUT2D eigenvalue weighted by Crippen LogP contribution is 2.11. The van der Waals surface area contributed by atoms with E-state index >= 15 is 0 Å². The number of carbonyl (C=O) groups is 1. The third-order valence-corrected chi connectivity index (χ3v) is 6.04. The van der Waals surface area contributed by atoms with Crippen LogP contribution < -0.4 is 43.8 Å². The molecule has 7 heteroatoms. The second kappa shape index (κ2) is 19.8. The number of unbranched alkanes of at least 4 members (excludes halogenated alkanes) is 8. The Hall–Kier alpha value is 0.150. The van der Waals surface area contributed by atoms with E-state index in [2.05, 4.69) is 13.8 Å². The van der Waals surface area contributed by atoms with Gasteiger partial charge in [0.25, 0.3) is 0 Å². The molecule has 1 aromatic carbocycles. The van der Waals surface area contributed by atoms with Crippen molar-refractivity contribution in [3.63, 3.8) is 0 Å². The Morgan fingerprint density at radius 1 is 0.833 bits per heavy atom. The minimum absolute atomic E-state index is 0. The molecule has 1 amide bonds.